The SMILES string of the molecule is COC(=O)c1ccc(Cn2cc(-c3ccc(Cl)cc3Cl)nc2C=Cc2ccc(-c3ccc(OC(F)(F)F)cc3)cc2)cc1. The first-order chi connectivity index (χ1) is 20.6. The van der Waals surface area contributed by atoms with Crippen LogP contribution in [-0.4, -0.2) is 29.0 Å². The van der Waals surface area contributed by atoms with Gasteiger partial charge in [-0.1, -0.05) is 77.8 Å². The zero-order valence-electron chi connectivity index (χ0n) is 22.6. The van der Waals surface area contributed by atoms with E-state index in [0.717, 1.165) is 27.8 Å². The Kier molecular flexibility index (Phi) is 8.89. The van der Waals surface area contributed by atoms with E-state index in [2.05, 4.69) is 4.74 Å². The molecule has 0 radical (unpaired) electrons. The Morgan fingerprint density at radius 2 is 1.53 bits per heavy atom. The highest BCUT2D eigenvalue weighted by Gasteiger charge is 2.31. The van der Waals surface area contributed by atoms with Gasteiger partial charge in [0.05, 0.1) is 23.4 Å². The number of hydrogen-bond acceptors (Lipinski definition) is 4. The van der Waals surface area contributed by atoms with Crippen LogP contribution in [0, 0.1) is 0 Å². The molecule has 0 unspecified atom stereocenters. The molecule has 0 N–H and O–H groups in total. The minimum atomic E-state index is -4.73. The van der Waals surface area contributed by atoms with Crippen LogP contribution in [0.15, 0.2) is 97.2 Å². The van der Waals surface area contributed by atoms with Crippen LogP contribution < -0.4 is 4.74 Å². The number of ether oxygens (including phenoxy) is 2. The quantitative estimate of drug-likeness (QED) is 0.162. The standard InChI is InChI=1S/C33H23Cl2F3N2O3/c1-42-32(41)25-9-4-22(5-10-25)19-40-20-30(28-16-13-26(34)18-29(28)35)39-31(40)17-6-21-2-7-23(8-3-21)24-11-14-27(15-12-24)43-33(36,37)38/h2-18,20H,19H2,1H3. The molecule has 0 aliphatic heterocycles. The second-order valence-electron chi connectivity index (χ2n) is 9.45. The van der Waals surface area contributed by atoms with Crippen molar-refractivity contribution < 1.29 is 27.4 Å². The van der Waals surface area contributed by atoms with Gasteiger partial charge in [0.15, 0.2) is 0 Å². The fourth-order valence-corrected chi connectivity index (χ4v) is 4.89. The van der Waals surface area contributed by atoms with Crippen LogP contribution in [0.4, 0.5) is 13.2 Å². The van der Waals surface area contributed by atoms with Gasteiger partial charge in [-0.3, -0.25) is 0 Å². The molecule has 0 fully saturated rings. The highest BCUT2D eigenvalue weighted by atomic mass is 35.5. The van der Waals surface area contributed by atoms with Crippen molar-refractivity contribution in [2.45, 2.75) is 12.9 Å². The molecule has 0 bridgehead atoms. The molecular formula is C33H23Cl2F3N2O3. The molecule has 43 heavy (non-hydrogen) atoms. The first-order valence-electron chi connectivity index (χ1n) is 12.9. The highest BCUT2D eigenvalue weighted by molar-refractivity contribution is 6.36. The second kappa shape index (κ2) is 12.8. The lowest BCUT2D eigenvalue weighted by Gasteiger charge is -2.09. The summed E-state index contributed by atoms with van der Waals surface area (Å²) >= 11 is 12.6. The van der Waals surface area contributed by atoms with E-state index in [9.17, 15) is 18.0 Å². The monoisotopic (exact) mass is 622 g/mol. The van der Waals surface area contributed by atoms with Crippen molar-refractivity contribution in [1.82, 2.24) is 9.55 Å². The van der Waals surface area contributed by atoms with Gasteiger partial charge in [0.2, 0.25) is 0 Å². The molecule has 0 aliphatic rings. The summed E-state index contributed by atoms with van der Waals surface area (Å²) in [4.78, 5) is 16.6. The van der Waals surface area contributed by atoms with Crippen molar-refractivity contribution >= 4 is 41.3 Å². The number of benzene rings is 4. The molecule has 0 atom stereocenters. The minimum absolute atomic E-state index is 0.273. The van der Waals surface area contributed by atoms with E-state index >= 15 is 0 Å². The van der Waals surface area contributed by atoms with Gasteiger partial charge in [-0.15, -0.1) is 13.2 Å². The zero-order valence-corrected chi connectivity index (χ0v) is 24.1. The zero-order chi connectivity index (χ0) is 30.6. The summed E-state index contributed by atoms with van der Waals surface area (Å²) in [7, 11) is 1.34. The van der Waals surface area contributed by atoms with Crippen LogP contribution >= 0.6 is 23.2 Å². The van der Waals surface area contributed by atoms with Crippen LogP contribution in [0.3, 0.4) is 0 Å². The number of esters is 1. The Morgan fingerprint density at radius 1 is 0.884 bits per heavy atom. The van der Waals surface area contributed by atoms with E-state index in [1.165, 1.54) is 19.2 Å². The molecule has 1 heterocycles. The normalized spacial score (nSPS) is 11.6. The largest absolute Gasteiger partial charge is 0.573 e. The van der Waals surface area contributed by atoms with E-state index < -0.39 is 12.3 Å². The third kappa shape index (κ3) is 7.66. The predicted molar refractivity (Wildman–Crippen MR) is 162 cm³/mol. The molecule has 218 valence electrons. The Hall–Kier alpha value is -4.53. The molecule has 10 heteroatoms. The summed E-state index contributed by atoms with van der Waals surface area (Å²) in [6.45, 7) is 0.478. The van der Waals surface area contributed by atoms with Gasteiger partial charge in [0.1, 0.15) is 11.6 Å². The molecular weight excluding hydrogens is 600 g/mol. The third-order valence-corrected chi connectivity index (χ3v) is 7.05. The molecule has 0 spiro atoms. The molecule has 0 amide bonds. The number of aromatic nitrogens is 2. The fraction of sp³-hybridized carbons (Fsp3) is 0.0909. The average Bonchev–Trinajstić information content (AvgIpc) is 3.38. The van der Waals surface area contributed by atoms with Crippen LogP contribution in [0.25, 0.3) is 34.5 Å². The molecule has 4 aromatic carbocycles. The van der Waals surface area contributed by atoms with E-state index in [-0.39, 0.29) is 5.75 Å². The lowest BCUT2D eigenvalue weighted by Crippen LogP contribution is -2.16. The number of carbonyl (C=O) groups is 1. The van der Waals surface area contributed by atoms with Crippen LogP contribution in [-0.2, 0) is 11.3 Å². The summed E-state index contributed by atoms with van der Waals surface area (Å²) in [5, 5.41) is 0.997. The molecule has 5 rings (SSSR count). The van der Waals surface area contributed by atoms with Crippen molar-refractivity contribution in [2.75, 3.05) is 7.11 Å². The van der Waals surface area contributed by atoms with Gasteiger partial charge in [0, 0.05) is 23.3 Å². The Morgan fingerprint density at radius 3 is 2.14 bits per heavy atom. The summed E-state index contributed by atoms with van der Waals surface area (Å²) in [6, 6.07) is 25.7. The maximum Gasteiger partial charge on any atom is 0.573 e. The van der Waals surface area contributed by atoms with E-state index in [4.69, 9.17) is 32.9 Å². The van der Waals surface area contributed by atoms with Crippen LogP contribution in [0.2, 0.25) is 10.0 Å². The van der Waals surface area contributed by atoms with E-state index in [0.29, 0.717) is 33.7 Å². The molecule has 5 aromatic rings. The Balaban J connectivity index is 1.39. The first-order valence-corrected chi connectivity index (χ1v) is 13.7. The first kappa shape index (κ1) is 29.9. The van der Waals surface area contributed by atoms with Gasteiger partial charge in [-0.05, 0) is 70.8 Å². The molecule has 1 aromatic heterocycles. The highest BCUT2D eigenvalue weighted by Crippen LogP contribution is 2.31. The predicted octanol–water partition coefficient (Wildman–Crippen LogP) is 9.43. The maximum atomic E-state index is 12.5. The van der Waals surface area contributed by atoms with Crippen molar-refractivity contribution in [2.24, 2.45) is 0 Å². The van der Waals surface area contributed by atoms with Gasteiger partial charge in [0.25, 0.3) is 0 Å². The number of halogens is 5. The average molecular weight is 623 g/mol. The number of rotatable bonds is 8. The van der Waals surface area contributed by atoms with Gasteiger partial charge in [-0.25, -0.2) is 9.78 Å². The summed E-state index contributed by atoms with van der Waals surface area (Å²) in [6.07, 6.45) is 0.963. The van der Waals surface area contributed by atoms with Crippen molar-refractivity contribution in [3.63, 3.8) is 0 Å². The van der Waals surface area contributed by atoms with Crippen molar-refractivity contribution in [3.8, 4) is 28.1 Å². The third-order valence-electron chi connectivity index (χ3n) is 6.50. The second-order valence-corrected chi connectivity index (χ2v) is 10.3. The van der Waals surface area contributed by atoms with E-state index in [1.54, 1.807) is 36.4 Å². The molecule has 0 aliphatic carbocycles. The number of imidazole rings is 1. The molecule has 0 saturated carbocycles. The number of methoxy groups -OCH3 is 1. The number of nitrogens with zero attached hydrogens (tertiary/aromatic N) is 2. The van der Waals surface area contributed by atoms with Crippen LogP contribution in [0.5, 0.6) is 5.75 Å². The number of hydrogen-bond donors (Lipinski definition) is 0. The van der Waals surface area contributed by atoms with Gasteiger partial charge < -0.3 is 14.0 Å². The smallest absolute Gasteiger partial charge is 0.465 e. The number of carbonyl (C=O) groups excluding carboxylic acids is 1. The Bertz CT molecular complexity index is 1760. The number of alkyl halides is 3. The maximum absolute atomic E-state index is 12.5. The topological polar surface area (TPSA) is 53.4 Å². The fourth-order valence-electron chi connectivity index (χ4n) is 4.38. The lowest BCUT2D eigenvalue weighted by atomic mass is 10.0. The van der Waals surface area contributed by atoms with Crippen LogP contribution in [0.1, 0.15) is 27.3 Å². The summed E-state index contributed by atoms with van der Waals surface area (Å²) in [5.41, 5.74) is 5.29. The molecule has 5 nitrogen and oxygen atoms in total. The van der Waals surface area contributed by atoms with E-state index in [1.807, 2.05) is 65.4 Å². The minimum Gasteiger partial charge on any atom is -0.465 e. The van der Waals surface area contributed by atoms with Gasteiger partial charge >= 0.3 is 12.3 Å². The van der Waals surface area contributed by atoms with Gasteiger partial charge in [-0.2, -0.15) is 0 Å². The Labute approximate surface area is 255 Å². The van der Waals surface area contributed by atoms with Crippen molar-refractivity contribution in [1.29, 1.82) is 0 Å². The summed E-state index contributed by atoms with van der Waals surface area (Å²) in [5.74, 6) is -0.0108. The van der Waals surface area contributed by atoms with Crippen molar-refractivity contribution in [3.05, 3.63) is 130 Å². The molecule has 0 saturated heterocycles. The lowest BCUT2D eigenvalue weighted by molar-refractivity contribution is -0.274. The summed E-state index contributed by atoms with van der Waals surface area (Å²) < 4.78 is 48.1.